The minimum absolute atomic E-state index is 0.0881. The molecule has 2 N–H and O–H groups in total. The highest BCUT2D eigenvalue weighted by Gasteiger charge is 2.16. The van der Waals surface area contributed by atoms with Gasteiger partial charge in [-0.25, -0.2) is 0 Å². The fourth-order valence-corrected chi connectivity index (χ4v) is 2.07. The lowest BCUT2D eigenvalue weighted by Gasteiger charge is -2.22. The molecule has 2 atom stereocenters. The summed E-state index contributed by atoms with van der Waals surface area (Å²) in [4.78, 5) is 2.05. The van der Waals surface area contributed by atoms with E-state index in [9.17, 15) is 0 Å². The van der Waals surface area contributed by atoms with Crippen LogP contribution in [0.15, 0.2) is 54.6 Å². The van der Waals surface area contributed by atoms with Gasteiger partial charge in [0.2, 0.25) is 0 Å². The highest BCUT2D eigenvalue weighted by molar-refractivity contribution is 5.49. The van der Waals surface area contributed by atoms with Crippen LogP contribution in [0.5, 0.6) is 5.75 Å². The molecule has 0 aliphatic heterocycles. The maximum absolute atomic E-state index is 6.25. The predicted octanol–water partition coefficient (Wildman–Crippen LogP) is 3.22. The minimum Gasteiger partial charge on any atom is -0.489 e. The van der Waals surface area contributed by atoms with Gasteiger partial charge < -0.3 is 15.4 Å². The molecule has 2 rings (SSSR count). The molecule has 0 bridgehead atoms. The highest BCUT2D eigenvalue weighted by atomic mass is 16.5. The van der Waals surface area contributed by atoms with Crippen molar-refractivity contribution in [2.24, 2.45) is 5.73 Å². The summed E-state index contributed by atoms with van der Waals surface area (Å²) in [7, 11) is 4.02. The number of ether oxygens (including phenoxy) is 1. The van der Waals surface area contributed by atoms with Gasteiger partial charge in [-0.3, -0.25) is 0 Å². The standard InChI is InChI=1S/C17H22N2O/c1-13(17(18)14-8-5-4-6-9-14)20-16-11-7-10-15(12-16)19(2)3/h4-13,17H,18H2,1-3H3. The summed E-state index contributed by atoms with van der Waals surface area (Å²) in [5, 5.41) is 0. The predicted molar refractivity (Wildman–Crippen MR) is 84.2 cm³/mol. The van der Waals surface area contributed by atoms with Crippen LogP contribution >= 0.6 is 0 Å². The topological polar surface area (TPSA) is 38.5 Å². The number of hydrogen-bond acceptors (Lipinski definition) is 3. The molecule has 2 aromatic rings. The van der Waals surface area contributed by atoms with E-state index >= 15 is 0 Å². The molecule has 0 aromatic heterocycles. The SMILES string of the molecule is CC(Oc1cccc(N(C)C)c1)C(N)c1ccccc1. The molecular weight excluding hydrogens is 248 g/mol. The molecule has 2 aromatic carbocycles. The van der Waals surface area contributed by atoms with Crippen molar-refractivity contribution >= 4 is 5.69 Å². The number of rotatable bonds is 5. The number of nitrogens with two attached hydrogens (primary N) is 1. The van der Waals surface area contributed by atoms with Crippen molar-refractivity contribution in [3.8, 4) is 5.75 Å². The van der Waals surface area contributed by atoms with Crippen LogP contribution in [0.2, 0.25) is 0 Å². The third-order valence-electron chi connectivity index (χ3n) is 3.35. The third-order valence-corrected chi connectivity index (χ3v) is 3.35. The van der Waals surface area contributed by atoms with Gasteiger partial charge in [-0.1, -0.05) is 36.4 Å². The first-order chi connectivity index (χ1) is 9.58. The molecule has 20 heavy (non-hydrogen) atoms. The normalized spacial score (nSPS) is 13.6. The van der Waals surface area contributed by atoms with Gasteiger partial charge in [0, 0.05) is 25.8 Å². The number of hydrogen-bond donors (Lipinski definition) is 1. The van der Waals surface area contributed by atoms with E-state index in [-0.39, 0.29) is 12.1 Å². The Bertz CT molecular complexity index is 540. The van der Waals surface area contributed by atoms with Gasteiger partial charge in [-0.2, -0.15) is 0 Å². The summed E-state index contributed by atoms with van der Waals surface area (Å²) in [6.07, 6.45) is -0.0881. The van der Waals surface area contributed by atoms with E-state index in [1.807, 2.05) is 69.6 Å². The van der Waals surface area contributed by atoms with Crippen molar-refractivity contribution in [2.75, 3.05) is 19.0 Å². The quantitative estimate of drug-likeness (QED) is 0.906. The molecule has 0 amide bonds. The molecular formula is C17H22N2O. The average molecular weight is 270 g/mol. The van der Waals surface area contributed by atoms with Crippen molar-refractivity contribution in [2.45, 2.75) is 19.1 Å². The summed E-state index contributed by atoms with van der Waals surface area (Å²) < 4.78 is 5.97. The fourth-order valence-electron chi connectivity index (χ4n) is 2.07. The first-order valence-corrected chi connectivity index (χ1v) is 6.82. The molecule has 0 saturated heterocycles. The fraction of sp³-hybridized carbons (Fsp3) is 0.294. The molecule has 0 radical (unpaired) electrons. The van der Waals surface area contributed by atoms with E-state index in [1.54, 1.807) is 0 Å². The number of anilines is 1. The van der Waals surface area contributed by atoms with Gasteiger partial charge in [0.05, 0.1) is 6.04 Å². The Morgan fingerprint density at radius 1 is 1.00 bits per heavy atom. The van der Waals surface area contributed by atoms with Crippen molar-refractivity contribution < 1.29 is 4.74 Å². The van der Waals surface area contributed by atoms with Crippen LogP contribution in [0.3, 0.4) is 0 Å². The second-order valence-corrected chi connectivity index (χ2v) is 5.15. The smallest absolute Gasteiger partial charge is 0.121 e. The van der Waals surface area contributed by atoms with Crippen molar-refractivity contribution in [3.63, 3.8) is 0 Å². The van der Waals surface area contributed by atoms with Gasteiger partial charge in [0.25, 0.3) is 0 Å². The van der Waals surface area contributed by atoms with Gasteiger partial charge in [-0.05, 0) is 24.6 Å². The van der Waals surface area contributed by atoms with Crippen LogP contribution in [0.1, 0.15) is 18.5 Å². The first-order valence-electron chi connectivity index (χ1n) is 6.82. The summed E-state index contributed by atoms with van der Waals surface area (Å²) in [5.74, 6) is 0.843. The van der Waals surface area contributed by atoms with Crippen LogP contribution in [0, 0.1) is 0 Å². The van der Waals surface area contributed by atoms with Crippen LogP contribution in [0.4, 0.5) is 5.69 Å². The molecule has 0 heterocycles. The molecule has 0 saturated carbocycles. The Kier molecular flexibility index (Phi) is 4.64. The molecule has 3 nitrogen and oxygen atoms in total. The van der Waals surface area contributed by atoms with E-state index in [4.69, 9.17) is 10.5 Å². The van der Waals surface area contributed by atoms with E-state index < -0.39 is 0 Å². The lowest BCUT2D eigenvalue weighted by molar-refractivity contribution is 0.190. The Morgan fingerprint density at radius 2 is 1.70 bits per heavy atom. The summed E-state index contributed by atoms with van der Waals surface area (Å²) in [5.41, 5.74) is 8.45. The van der Waals surface area contributed by atoms with Gasteiger partial charge >= 0.3 is 0 Å². The average Bonchev–Trinajstić information content (AvgIpc) is 2.47. The van der Waals surface area contributed by atoms with Crippen molar-refractivity contribution in [1.82, 2.24) is 0 Å². The second kappa shape index (κ2) is 6.44. The van der Waals surface area contributed by atoms with E-state index in [0.29, 0.717) is 0 Å². The third kappa shape index (κ3) is 3.52. The van der Waals surface area contributed by atoms with E-state index in [0.717, 1.165) is 17.0 Å². The van der Waals surface area contributed by atoms with Crippen LogP contribution in [0.25, 0.3) is 0 Å². The lowest BCUT2D eigenvalue weighted by atomic mass is 10.0. The molecule has 0 aliphatic rings. The summed E-state index contributed by atoms with van der Waals surface area (Å²) >= 11 is 0. The van der Waals surface area contributed by atoms with Gasteiger partial charge in [0.15, 0.2) is 0 Å². The Morgan fingerprint density at radius 3 is 2.35 bits per heavy atom. The molecule has 0 spiro atoms. The van der Waals surface area contributed by atoms with Crippen molar-refractivity contribution in [1.29, 1.82) is 0 Å². The number of benzene rings is 2. The minimum atomic E-state index is -0.140. The Balaban J connectivity index is 2.08. The first kappa shape index (κ1) is 14.4. The summed E-state index contributed by atoms with van der Waals surface area (Å²) in [6, 6.07) is 17.9. The largest absolute Gasteiger partial charge is 0.489 e. The van der Waals surface area contributed by atoms with Crippen LogP contribution < -0.4 is 15.4 Å². The molecule has 3 heteroatoms. The van der Waals surface area contributed by atoms with Crippen molar-refractivity contribution in [3.05, 3.63) is 60.2 Å². The summed E-state index contributed by atoms with van der Waals surface area (Å²) in [6.45, 7) is 2.00. The zero-order valence-corrected chi connectivity index (χ0v) is 12.3. The lowest BCUT2D eigenvalue weighted by Crippen LogP contribution is -2.28. The zero-order chi connectivity index (χ0) is 14.5. The molecule has 0 fully saturated rings. The monoisotopic (exact) mass is 270 g/mol. The Hall–Kier alpha value is -2.00. The molecule has 0 aliphatic carbocycles. The molecule has 106 valence electrons. The number of nitrogens with zero attached hydrogens (tertiary/aromatic N) is 1. The van der Waals surface area contributed by atoms with E-state index in [2.05, 4.69) is 11.0 Å². The second-order valence-electron chi connectivity index (χ2n) is 5.15. The maximum atomic E-state index is 6.25. The van der Waals surface area contributed by atoms with E-state index in [1.165, 1.54) is 0 Å². The van der Waals surface area contributed by atoms with Crippen LogP contribution in [-0.4, -0.2) is 20.2 Å². The van der Waals surface area contributed by atoms with Gasteiger partial charge in [0.1, 0.15) is 11.9 Å². The Labute approximate surface area is 121 Å². The van der Waals surface area contributed by atoms with Gasteiger partial charge in [-0.15, -0.1) is 0 Å². The van der Waals surface area contributed by atoms with Crippen LogP contribution in [-0.2, 0) is 0 Å². The molecule has 2 unspecified atom stereocenters. The highest BCUT2D eigenvalue weighted by Crippen LogP contribution is 2.23. The zero-order valence-electron chi connectivity index (χ0n) is 12.3. The maximum Gasteiger partial charge on any atom is 0.121 e.